The number of rotatable bonds is 8. The molecule has 0 saturated carbocycles. The fourth-order valence-electron chi connectivity index (χ4n) is 2.46. The zero-order valence-electron chi connectivity index (χ0n) is 15.3. The van der Waals surface area contributed by atoms with Crippen molar-refractivity contribution in [3.05, 3.63) is 65.7 Å². The van der Waals surface area contributed by atoms with Crippen LogP contribution in [-0.2, 0) is 15.8 Å². The van der Waals surface area contributed by atoms with Crippen molar-refractivity contribution in [1.29, 1.82) is 0 Å². The Morgan fingerprint density at radius 1 is 1.04 bits per heavy atom. The molecule has 1 aromatic carbocycles. The van der Waals surface area contributed by atoms with Gasteiger partial charge in [-0.15, -0.1) is 0 Å². The average Bonchev–Trinajstić information content (AvgIpc) is 3.07. The van der Waals surface area contributed by atoms with Crippen molar-refractivity contribution in [3.63, 3.8) is 0 Å². The van der Waals surface area contributed by atoms with E-state index in [-0.39, 0.29) is 12.3 Å². The molecule has 9 heteroatoms. The minimum Gasteiger partial charge on any atom is -0.369 e. The molecule has 0 bridgehead atoms. The summed E-state index contributed by atoms with van der Waals surface area (Å²) in [6, 6.07) is 11.1. The second-order valence-electron chi connectivity index (χ2n) is 6.23. The van der Waals surface area contributed by atoms with Gasteiger partial charge in [-0.3, -0.25) is 0 Å². The number of sulfonamides is 1. The Hall–Kier alpha value is -2.78. The topological polar surface area (TPSA) is 102 Å². The Kier molecular flexibility index (Phi) is 5.82. The Balaban J connectivity index is 1.50. The van der Waals surface area contributed by atoms with Gasteiger partial charge in [-0.1, -0.05) is 29.8 Å². The molecule has 3 rings (SSSR count). The summed E-state index contributed by atoms with van der Waals surface area (Å²) in [5, 5.41) is 7.39. The minimum atomic E-state index is -3.39. The minimum absolute atomic E-state index is 0.0381. The molecular formula is C18H22N6O2S. The summed E-state index contributed by atoms with van der Waals surface area (Å²) >= 11 is 0. The molecule has 2 aromatic heterocycles. The smallest absolute Gasteiger partial charge is 0.215 e. The monoisotopic (exact) mass is 386 g/mol. The molecular weight excluding hydrogens is 364 g/mol. The van der Waals surface area contributed by atoms with E-state index >= 15 is 0 Å². The predicted molar refractivity (Wildman–Crippen MR) is 104 cm³/mol. The first kappa shape index (κ1) is 19.0. The number of hydrogen-bond acceptors (Lipinski definition) is 6. The van der Waals surface area contributed by atoms with Crippen molar-refractivity contribution in [2.75, 3.05) is 18.4 Å². The van der Waals surface area contributed by atoms with E-state index in [4.69, 9.17) is 0 Å². The molecule has 142 valence electrons. The van der Waals surface area contributed by atoms with Crippen LogP contribution >= 0.6 is 0 Å². The Labute approximate surface area is 158 Å². The molecule has 0 atom stereocenters. The Bertz CT molecular complexity index is 999. The lowest BCUT2D eigenvalue weighted by molar-refractivity contribution is 0.582. The lowest BCUT2D eigenvalue weighted by Gasteiger charge is -2.09. The van der Waals surface area contributed by atoms with E-state index in [2.05, 4.69) is 25.1 Å². The van der Waals surface area contributed by atoms with Gasteiger partial charge in [0.1, 0.15) is 12.1 Å². The number of nitrogens with one attached hydrogen (secondary N) is 2. The summed E-state index contributed by atoms with van der Waals surface area (Å²) in [6.07, 6.45) is 3.26. The van der Waals surface area contributed by atoms with Gasteiger partial charge in [0.15, 0.2) is 5.82 Å². The van der Waals surface area contributed by atoms with Gasteiger partial charge in [-0.2, -0.15) is 5.10 Å². The van der Waals surface area contributed by atoms with E-state index in [0.717, 1.165) is 16.8 Å². The lowest BCUT2D eigenvalue weighted by atomic mass is 10.2. The van der Waals surface area contributed by atoms with Crippen LogP contribution in [0.4, 0.5) is 5.82 Å². The van der Waals surface area contributed by atoms with Crippen molar-refractivity contribution < 1.29 is 8.42 Å². The first-order chi connectivity index (χ1) is 12.9. The number of anilines is 1. The maximum Gasteiger partial charge on any atom is 0.215 e. The molecule has 3 aromatic rings. The second-order valence-corrected chi connectivity index (χ2v) is 8.04. The van der Waals surface area contributed by atoms with Crippen LogP contribution in [0.5, 0.6) is 0 Å². The number of aromatic nitrogens is 4. The van der Waals surface area contributed by atoms with Crippen molar-refractivity contribution >= 4 is 15.8 Å². The van der Waals surface area contributed by atoms with Crippen LogP contribution in [0.25, 0.3) is 5.82 Å². The van der Waals surface area contributed by atoms with E-state index in [9.17, 15) is 8.42 Å². The molecule has 27 heavy (non-hydrogen) atoms. The van der Waals surface area contributed by atoms with Crippen LogP contribution < -0.4 is 10.0 Å². The zero-order valence-corrected chi connectivity index (χ0v) is 16.1. The van der Waals surface area contributed by atoms with Gasteiger partial charge in [0.2, 0.25) is 10.0 Å². The molecule has 2 heterocycles. The van der Waals surface area contributed by atoms with Crippen molar-refractivity contribution in [2.45, 2.75) is 19.6 Å². The van der Waals surface area contributed by atoms with Gasteiger partial charge in [0, 0.05) is 25.4 Å². The summed E-state index contributed by atoms with van der Waals surface area (Å²) in [7, 11) is -3.39. The largest absolute Gasteiger partial charge is 0.369 e. The van der Waals surface area contributed by atoms with Gasteiger partial charge in [-0.05, 0) is 25.5 Å². The average molecular weight is 386 g/mol. The number of nitrogens with zero attached hydrogens (tertiary/aromatic N) is 4. The molecule has 0 aliphatic rings. The summed E-state index contributed by atoms with van der Waals surface area (Å²) in [5.74, 6) is 1.20. The molecule has 0 aliphatic carbocycles. The van der Waals surface area contributed by atoms with Crippen LogP contribution in [0.3, 0.4) is 0 Å². The Morgan fingerprint density at radius 2 is 1.81 bits per heavy atom. The lowest BCUT2D eigenvalue weighted by Crippen LogP contribution is -2.30. The van der Waals surface area contributed by atoms with Gasteiger partial charge >= 0.3 is 0 Å². The third-order valence-electron chi connectivity index (χ3n) is 3.84. The third kappa shape index (κ3) is 5.60. The third-order valence-corrected chi connectivity index (χ3v) is 5.20. The summed E-state index contributed by atoms with van der Waals surface area (Å²) in [5.41, 5.74) is 2.75. The van der Waals surface area contributed by atoms with E-state index < -0.39 is 10.0 Å². The molecule has 0 fully saturated rings. The van der Waals surface area contributed by atoms with Crippen LogP contribution in [-0.4, -0.2) is 41.3 Å². The van der Waals surface area contributed by atoms with Crippen LogP contribution in [0, 0.1) is 13.8 Å². The van der Waals surface area contributed by atoms with Crippen LogP contribution in [0.1, 0.15) is 16.8 Å². The molecule has 0 spiro atoms. The van der Waals surface area contributed by atoms with Crippen molar-refractivity contribution in [3.8, 4) is 5.82 Å². The summed E-state index contributed by atoms with van der Waals surface area (Å²) < 4.78 is 28.6. The predicted octanol–water partition coefficient (Wildman–Crippen LogP) is 1.81. The molecule has 0 amide bonds. The maximum atomic E-state index is 12.2. The summed E-state index contributed by atoms with van der Waals surface area (Å²) in [6.45, 7) is 4.53. The van der Waals surface area contributed by atoms with Gasteiger partial charge < -0.3 is 5.32 Å². The number of aryl methyl sites for hydroxylation is 2. The Morgan fingerprint density at radius 3 is 2.52 bits per heavy atom. The fourth-order valence-corrected chi connectivity index (χ4v) is 3.61. The highest BCUT2D eigenvalue weighted by molar-refractivity contribution is 7.88. The quantitative estimate of drug-likeness (QED) is 0.573. The molecule has 2 N–H and O–H groups in total. The van der Waals surface area contributed by atoms with Gasteiger partial charge in [-0.25, -0.2) is 27.8 Å². The molecule has 8 nitrogen and oxygen atoms in total. The van der Waals surface area contributed by atoms with E-state index in [1.54, 1.807) is 10.7 Å². The standard InChI is InChI=1S/C18H22N6O2S/c1-14-3-5-16(6-4-14)12-27(25,26)22-9-8-19-17-11-18(21-13-20-17)24-10-7-15(2)23-24/h3-7,10-11,13,22H,8-9,12H2,1-2H3,(H,19,20,21). The first-order valence-electron chi connectivity index (χ1n) is 8.53. The van der Waals surface area contributed by atoms with E-state index in [0.29, 0.717) is 18.2 Å². The van der Waals surface area contributed by atoms with Gasteiger partial charge in [0.05, 0.1) is 11.4 Å². The normalized spacial score (nSPS) is 11.5. The van der Waals surface area contributed by atoms with Crippen molar-refractivity contribution in [2.24, 2.45) is 0 Å². The van der Waals surface area contributed by atoms with Crippen LogP contribution in [0.2, 0.25) is 0 Å². The fraction of sp³-hybridized carbons (Fsp3) is 0.278. The van der Waals surface area contributed by atoms with Gasteiger partial charge in [0.25, 0.3) is 0 Å². The SMILES string of the molecule is Cc1ccc(CS(=O)(=O)NCCNc2cc(-n3ccc(C)n3)ncn2)cc1. The summed E-state index contributed by atoms with van der Waals surface area (Å²) in [4.78, 5) is 8.32. The zero-order chi connectivity index (χ0) is 19.3. The highest BCUT2D eigenvalue weighted by Crippen LogP contribution is 2.09. The molecule has 0 unspecified atom stereocenters. The number of hydrogen-bond donors (Lipinski definition) is 2. The molecule has 0 saturated heterocycles. The van der Waals surface area contributed by atoms with Crippen molar-refractivity contribution in [1.82, 2.24) is 24.5 Å². The highest BCUT2D eigenvalue weighted by Gasteiger charge is 2.10. The van der Waals surface area contributed by atoms with Crippen LogP contribution in [0.15, 0.2) is 48.9 Å². The highest BCUT2D eigenvalue weighted by atomic mass is 32.2. The molecule has 0 aliphatic heterocycles. The first-order valence-corrected chi connectivity index (χ1v) is 10.2. The van der Waals surface area contributed by atoms with E-state index in [1.807, 2.05) is 50.4 Å². The molecule has 0 radical (unpaired) electrons. The number of benzene rings is 1. The second kappa shape index (κ2) is 8.28. The maximum absolute atomic E-state index is 12.2. The van der Waals surface area contributed by atoms with E-state index in [1.165, 1.54) is 6.33 Å².